The Labute approximate surface area is 171 Å². The Kier molecular flexibility index (Phi) is 31.2. The Morgan fingerprint density at radius 3 is 1.28 bits per heavy atom. The number of halogens is 1. The monoisotopic (exact) mass is 511 g/mol. The number of nitroso groups, excluding NO2 is 2. The molecule has 145 valence electrons. The van der Waals surface area contributed by atoms with Gasteiger partial charge in [0.15, 0.2) is 0 Å². The average molecular weight is 511 g/mol. The van der Waals surface area contributed by atoms with Gasteiger partial charge in [0.05, 0.1) is 11.4 Å². The van der Waals surface area contributed by atoms with Crippen molar-refractivity contribution in [2.45, 2.75) is 27.7 Å². The molecule has 0 aromatic carbocycles. The van der Waals surface area contributed by atoms with Crippen LogP contribution in [0.2, 0.25) is 0 Å². The molecule has 0 atom stereocenters. The van der Waals surface area contributed by atoms with Crippen LogP contribution < -0.4 is 11.0 Å². The molecule has 1 aromatic heterocycles. The Bertz CT molecular complexity index is 445. The van der Waals surface area contributed by atoms with Crippen molar-refractivity contribution in [3.8, 4) is 0 Å². The molecule has 0 amide bonds. The summed E-state index contributed by atoms with van der Waals surface area (Å²) in [5.74, 6) is 0. The fourth-order valence-corrected chi connectivity index (χ4v) is 0.611. The third-order valence-corrected chi connectivity index (χ3v) is 2.26. The van der Waals surface area contributed by atoms with E-state index in [0.717, 1.165) is 0 Å². The first-order valence-electron chi connectivity index (χ1n) is 6.38. The average Bonchev–Trinajstić information content (AvgIpc) is 2.69. The van der Waals surface area contributed by atoms with E-state index in [2.05, 4.69) is 20.3 Å². The van der Waals surface area contributed by atoms with E-state index in [9.17, 15) is 9.81 Å². The number of aromatic nitrogens is 1. The van der Waals surface area contributed by atoms with Gasteiger partial charge in [0.25, 0.3) is 0 Å². The van der Waals surface area contributed by atoms with Crippen LogP contribution in [0.5, 0.6) is 0 Å². The largest absolute Gasteiger partial charge is 0.319 e. The molecule has 0 aliphatic rings. The van der Waals surface area contributed by atoms with Gasteiger partial charge in [0.2, 0.25) is 0 Å². The Morgan fingerprint density at radius 1 is 0.880 bits per heavy atom. The predicted molar refractivity (Wildman–Crippen MR) is 102 cm³/mol. The second-order valence-electron chi connectivity index (χ2n) is 3.85. The molecule has 25 heavy (non-hydrogen) atoms. The fraction of sp³-hybridized carbons (Fsp3) is 0.286. The normalized spacial score (nSPS) is 10.1. The van der Waals surface area contributed by atoms with E-state index >= 15 is 0 Å². The first kappa shape index (κ1) is 31.4. The van der Waals surface area contributed by atoms with Crippen LogP contribution in [0.25, 0.3) is 0 Å². The molecule has 0 unspecified atom stereocenters. The zero-order chi connectivity index (χ0) is 19.4. The minimum absolute atomic E-state index is 0. The van der Waals surface area contributed by atoms with Crippen LogP contribution in [0.3, 0.4) is 0 Å². The third-order valence-electron chi connectivity index (χ3n) is 2.26. The second-order valence-corrected chi connectivity index (χ2v) is 3.85. The number of hydrogen-bond donors (Lipinski definition) is 4. The van der Waals surface area contributed by atoms with E-state index in [0.29, 0.717) is 11.4 Å². The molecule has 1 heterocycles. The number of nitrogens with one attached hydrogen (secondary N) is 2. The van der Waals surface area contributed by atoms with Crippen molar-refractivity contribution in [3.05, 3.63) is 68.1 Å². The molecule has 1 radical (unpaired) electrons. The second kappa shape index (κ2) is 24.8. The van der Waals surface area contributed by atoms with Gasteiger partial charge in [0, 0.05) is 29.2 Å². The van der Waals surface area contributed by atoms with Gasteiger partial charge >= 0.3 is 0 Å². The molecule has 0 bridgehead atoms. The molecule has 4 N–H and O–H groups in total. The maximum Gasteiger partial charge on any atom is 0.103 e. The summed E-state index contributed by atoms with van der Waals surface area (Å²) in [5, 5.41) is 21.4. The van der Waals surface area contributed by atoms with E-state index in [4.69, 9.17) is 10.4 Å². The van der Waals surface area contributed by atoms with Gasteiger partial charge in [0.1, 0.15) is 11.4 Å². The minimum Gasteiger partial charge on any atom is -0.319 e. The van der Waals surface area contributed by atoms with Crippen molar-refractivity contribution < 1.29 is 27.2 Å². The van der Waals surface area contributed by atoms with Crippen LogP contribution in [0.15, 0.2) is 63.7 Å². The van der Waals surface area contributed by atoms with Gasteiger partial charge in [-0.25, -0.2) is 0 Å². The maximum atomic E-state index is 9.65. The van der Waals surface area contributed by atoms with Crippen LogP contribution in [0, 0.1) is 14.7 Å². The number of hydroxylamine groups is 2. The molecule has 0 fully saturated rings. The molecule has 0 saturated carbocycles. The number of pyridine rings is 1. The summed E-state index contributed by atoms with van der Waals surface area (Å²) >= 11 is 1.90. The molecule has 9 nitrogen and oxygen atoms in total. The van der Waals surface area contributed by atoms with Gasteiger partial charge in [-0.15, -0.1) is 9.81 Å². The molecular weight excluding hydrogens is 488 g/mol. The quantitative estimate of drug-likeness (QED) is 0.205. The Morgan fingerprint density at radius 2 is 1.20 bits per heavy atom. The summed E-state index contributed by atoms with van der Waals surface area (Å²) in [7, 11) is 0. The summed E-state index contributed by atoms with van der Waals surface area (Å²) in [5.41, 5.74) is 4.87. The summed E-state index contributed by atoms with van der Waals surface area (Å²) in [6.45, 7) is 6.12. The van der Waals surface area contributed by atoms with Gasteiger partial charge in [-0.2, -0.15) is 0 Å². The summed E-state index contributed by atoms with van der Waals surface area (Å²) in [6.07, 6.45) is 3.50. The van der Waals surface area contributed by atoms with E-state index in [1.54, 1.807) is 37.2 Å². The number of rotatable bonds is 4. The summed E-state index contributed by atoms with van der Waals surface area (Å²) in [4.78, 5) is 26.3. The Balaban J connectivity index is -0.000000124. The number of hydrogen-bond acceptors (Lipinski definition) is 9. The molecule has 11 heteroatoms. The van der Waals surface area contributed by atoms with Gasteiger partial charge in [-0.05, 0) is 50.2 Å². The molecule has 0 aliphatic heterocycles. The van der Waals surface area contributed by atoms with Crippen molar-refractivity contribution in [3.63, 3.8) is 0 Å². The standard InChI is InChI=1S/C5H5N.2C4H8N2O2.CH2I.Co/c1-2-4-6-5-3-1;2*1-3(5-7)4(2)6-8;1-2;/h1-5H;2*5,7H,1-2H3;1H2;/q;;;-1;/b;2*4-3-;;. The summed E-state index contributed by atoms with van der Waals surface area (Å²) in [6, 6.07) is 5.72. The topological polar surface area (TPSA) is 136 Å². The zero-order valence-corrected chi connectivity index (χ0v) is 17.6. The van der Waals surface area contributed by atoms with Gasteiger partial charge in [-0.1, -0.05) is 6.07 Å². The predicted octanol–water partition coefficient (Wildman–Crippen LogP) is 4.26. The smallest absolute Gasteiger partial charge is 0.103 e. The van der Waals surface area contributed by atoms with Crippen molar-refractivity contribution in [2.75, 3.05) is 0 Å². The maximum absolute atomic E-state index is 9.65. The molecular formula is C14H23CoIN5O4-. The van der Waals surface area contributed by atoms with Crippen molar-refractivity contribution in [1.29, 1.82) is 0 Å². The van der Waals surface area contributed by atoms with E-state index in [1.807, 2.05) is 40.8 Å². The molecule has 0 spiro atoms. The van der Waals surface area contributed by atoms with Crippen LogP contribution >= 0.6 is 22.6 Å². The number of allylic oxidation sites excluding steroid dienone is 4. The number of nitrogens with zero attached hydrogens (tertiary/aromatic N) is 3. The van der Waals surface area contributed by atoms with E-state index < -0.39 is 0 Å². The molecule has 0 aliphatic carbocycles. The third kappa shape index (κ3) is 22.6. The van der Waals surface area contributed by atoms with Crippen molar-refractivity contribution in [1.82, 2.24) is 15.9 Å². The van der Waals surface area contributed by atoms with Crippen molar-refractivity contribution in [2.24, 2.45) is 10.4 Å². The van der Waals surface area contributed by atoms with Crippen molar-refractivity contribution >= 4 is 22.6 Å². The molecule has 1 aromatic rings. The zero-order valence-electron chi connectivity index (χ0n) is 14.4. The van der Waals surface area contributed by atoms with Crippen LogP contribution in [0.1, 0.15) is 27.7 Å². The van der Waals surface area contributed by atoms with Crippen LogP contribution in [-0.4, -0.2) is 15.4 Å². The fourth-order valence-electron chi connectivity index (χ4n) is 0.611. The summed E-state index contributed by atoms with van der Waals surface area (Å²) < 4.78 is 0. The minimum atomic E-state index is 0. The first-order valence-corrected chi connectivity index (χ1v) is 7.90. The van der Waals surface area contributed by atoms with E-state index in [1.165, 1.54) is 13.8 Å². The van der Waals surface area contributed by atoms with Crippen LogP contribution in [-0.2, 0) is 16.8 Å². The molecule has 1 rings (SSSR count). The van der Waals surface area contributed by atoms with Gasteiger partial charge in [-0.3, -0.25) is 31.3 Å². The van der Waals surface area contributed by atoms with E-state index in [-0.39, 0.29) is 28.2 Å². The van der Waals surface area contributed by atoms with Gasteiger partial charge < -0.3 is 22.6 Å². The Hall–Kier alpha value is -1.41. The van der Waals surface area contributed by atoms with Crippen LogP contribution in [0.4, 0.5) is 0 Å². The SMILES string of the molecule is C/C(N=O)=C(\C)NO.C/C(N=O)=C(\C)NO.[CH2-]I.[Co].c1ccncc1. The molecule has 0 saturated heterocycles. The first-order chi connectivity index (χ1) is 11.4.